The molecule has 9 heteroatoms. The highest BCUT2D eigenvalue weighted by Crippen LogP contribution is 2.54. The number of rotatable bonds is 6. The largest absolute Gasteiger partial charge is 0.480 e. The summed E-state index contributed by atoms with van der Waals surface area (Å²) in [6.07, 6.45) is 2.50. The van der Waals surface area contributed by atoms with E-state index in [2.05, 4.69) is 18.8 Å². The molecule has 28 heavy (non-hydrogen) atoms. The first-order valence-corrected chi connectivity index (χ1v) is 10.4. The van der Waals surface area contributed by atoms with Crippen LogP contribution < -0.4 is 0 Å². The Balaban J connectivity index is 1.43. The van der Waals surface area contributed by atoms with Crippen LogP contribution in [-0.4, -0.2) is 77.1 Å². The van der Waals surface area contributed by atoms with Gasteiger partial charge in [-0.1, -0.05) is 13.8 Å². The van der Waals surface area contributed by atoms with Crippen LogP contribution in [0.1, 0.15) is 29.9 Å². The molecule has 3 aliphatic rings. The molecule has 1 N–H and O–H groups in total. The van der Waals surface area contributed by atoms with Crippen molar-refractivity contribution in [3.8, 4) is 0 Å². The van der Waals surface area contributed by atoms with Crippen LogP contribution in [0.3, 0.4) is 0 Å². The molecule has 3 heterocycles. The molecule has 0 aromatic carbocycles. The van der Waals surface area contributed by atoms with E-state index in [-0.39, 0.29) is 47.7 Å². The van der Waals surface area contributed by atoms with Crippen LogP contribution in [-0.2, 0) is 14.3 Å². The van der Waals surface area contributed by atoms with Crippen LogP contribution in [0.2, 0.25) is 0 Å². The Morgan fingerprint density at radius 2 is 1.96 bits per heavy atom. The van der Waals surface area contributed by atoms with Gasteiger partial charge in [0.25, 0.3) is 5.91 Å². The second-order valence-electron chi connectivity index (χ2n) is 8.96. The standard InChI is InChI=1S/C19H25N3O5S/c1-18(2)3-13(18)16(25)22-9-19(10-22)8-21(17(26)14-4-20-11-28-14)5-12(19)6-27-7-15(23)24/h4,11-13H,3,5-10H2,1-2H3,(H,23,24)/t12?,13-/m1/s1. The first-order chi connectivity index (χ1) is 13.2. The number of carboxylic acid groups (broad SMARTS) is 1. The number of hydrogen-bond acceptors (Lipinski definition) is 6. The Morgan fingerprint density at radius 1 is 1.29 bits per heavy atom. The Hall–Kier alpha value is -2.00. The summed E-state index contributed by atoms with van der Waals surface area (Å²) in [4.78, 5) is 44.5. The summed E-state index contributed by atoms with van der Waals surface area (Å²) in [5.74, 6) is -0.752. The van der Waals surface area contributed by atoms with Crippen LogP contribution >= 0.6 is 11.3 Å². The summed E-state index contributed by atoms with van der Waals surface area (Å²) in [5.41, 5.74) is 1.51. The molecule has 1 unspecified atom stereocenters. The van der Waals surface area contributed by atoms with Crippen molar-refractivity contribution in [2.24, 2.45) is 22.7 Å². The molecule has 3 fully saturated rings. The molecular weight excluding hydrogens is 382 g/mol. The fourth-order valence-corrected chi connectivity index (χ4v) is 5.11. The van der Waals surface area contributed by atoms with Crippen molar-refractivity contribution in [2.75, 3.05) is 39.4 Å². The maximum Gasteiger partial charge on any atom is 0.329 e. The van der Waals surface area contributed by atoms with Crippen molar-refractivity contribution in [3.05, 3.63) is 16.6 Å². The van der Waals surface area contributed by atoms with E-state index in [4.69, 9.17) is 9.84 Å². The number of carboxylic acids is 1. The van der Waals surface area contributed by atoms with Crippen molar-refractivity contribution >= 4 is 29.1 Å². The third-order valence-electron chi connectivity index (χ3n) is 6.42. The van der Waals surface area contributed by atoms with Gasteiger partial charge in [-0.25, -0.2) is 4.79 Å². The van der Waals surface area contributed by atoms with E-state index in [1.807, 2.05) is 4.90 Å². The molecule has 1 aliphatic carbocycles. The van der Waals surface area contributed by atoms with Gasteiger partial charge in [0.2, 0.25) is 5.91 Å². The first-order valence-electron chi connectivity index (χ1n) is 9.48. The monoisotopic (exact) mass is 407 g/mol. The van der Waals surface area contributed by atoms with Crippen LogP contribution in [0.4, 0.5) is 0 Å². The van der Waals surface area contributed by atoms with Gasteiger partial charge in [0, 0.05) is 43.4 Å². The maximum atomic E-state index is 12.8. The molecule has 152 valence electrons. The van der Waals surface area contributed by atoms with Crippen LogP contribution in [0, 0.1) is 22.7 Å². The minimum Gasteiger partial charge on any atom is -0.480 e. The lowest BCUT2D eigenvalue weighted by molar-refractivity contribution is -0.150. The molecule has 2 amide bonds. The Kier molecular flexibility index (Phi) is 4.70. The maximum absolute atomic E-state index is 12.8. The number of carbonyl (C=O) groups excluding carboxylic acids is 2. The number of carbonyl (C=O) groups is 3. The molecule has 1 saturated carbocycles. The first kappa shape index (κ1) is 19.3. The quantitative estimate of drug-likeness (QED) is 0.760. The number of amides is 2. The molecule has 0 radical (unpaired) electrons. The average molecular weight is 407 g/mol. The molecule has 2 atom stereocenters. The number of aromatic nitrogens is 1. The van der Waals surface area contributed by atoms with Crippen LogP contribution in [0.5, 0.6) is 0 Å². The predicted molar refractivity (Wildman–Crippen MR) is 101 cm³/mol. The third kappa shape index (κ3) is 3.41. The molecular formula is C19H25N3O5S. The average Bonchev–Trinajstić information content (AvgIpc) is 3.00. The molecule has 1 aromatic rings. The molecule has 8 nitrogen and oxygen atoms in total. The molecule has 2 aliphatic heterocycles. The summed E-state index contributed by atoms with van der Waals surface area (Å²) in [7, 11) is 0. The Morgan fingerprint density at radius 3 is 2.54 bits per heavy atom. The Bertz CT molecular complexity index is 787. The van der Waals surface area contributed by atoms with Gasteiger partial charge < -0.3 is 19.6 Å². The van der Waals surface area contributed by atoms with Gasteiger partial charge in [-0.2, -0.15) is 0 Å². The van der Waals surface area contributed by atoms with E-state index in [0.29, 0.717) is 31.1 Å². The minimum absolute atomic E-state index is 0.0139. The summed E-state index contributed by atoms with van der Waals surface area (Å²) < 4.78 is 5.37. The molecule has 0 bridgehead atoms. The highest BCUT2D eigenvalue weighted by molar-refractivity contribution is 7.11. The van der Waals surface area contributed by atoms with Gasteiger partial charge in [-0.3, -0.25) is 14.6 Å². The number of nitrogens with zero attached hydrogens (tertiary/aromatic N) is 3. The lowest BCUT2D eigenvalue weighted by atomic mass is 9.71. The van der Waals surface area contributed by atoms with Gasteiger partial charge in [-0.05, 0) is 11.8 Å². The minimum atomic E-state index is -1.01. The molecule has 4 rings (SSSR count). The molecule has 1 spiro atoms. The van der Waals surface area contributed by atoms with Crippen molar-refractivity contribution in [1.82, 2.24) is 14.8 Å². The smallest absolute Gasteiger partial charge is 0.329 e. The second kappa shape index (κ2) is 6.81. The lowest BCUT2D eigenvalue weighted by Gasteiger charge is -2.51. The van der Waals surface area contributed by atoms with Gasteiger partial charge in [-0.15, -0.1) is 11.3 Å². The van der Waals surface area contributed by atoms with E-state index in [9.17, 15) is 14.4 Å². The summed E-state index contributed by atoms with van der Waals surface area (Å²) >= 11 is 1.31. The fraction of sp³-hybridized carbons (Fsp3) is 0.684. The second-order valence-corrected chi connectivity index (χ2v) is 9.85. The van der Waals surface area contributed by atoms with Crippen LogP contribution in [0.25, 0.3) is 0 Å². The summed E-state index contributed by atoms with van der Waals surface area (Å²) in [5, 5.41) is 8.84. The van der Waals surface area contributed by atoms with Crippen molar-refractivity contribution < 1.29 is 24.2 Å². The fourth-order valence-electron chi connectivity index (χ4n) is 4.52. The number of hydrogen-bond donors (Lipinski definition) is 1. The highest BCUT2D eigenvalue weighted by Gasteiger charge is 2.60. The van der Waals surface area contributed by atoms with Crippen LogP contribution in [0.15, 0.2) is 11.7 Å². The zero-order chi connectivity index (χ0) is 20.1. The zero-order valence-corrected chi connectivity index (χ0v) is 16.9. The number of aliphatic carboxylic acids is 1. The van der Waals surface area contributed by atoms with Crippen molar-refractivity contribution in [1.29, 1.82) is 0 Å². The van der Waals surface area contributed by atoms with Gasteiger partial charge >= 0.3 is 5.97 Å². The normalized spacial score (nSPS) is 26.9. The highest BCUT2D eigenvalue weighted by atomic mass is 32.1. The van der Waals surface area contributed by atoms with E-state index in [0.717, 1.165) is 6.42 Å². The van der Waals surface area contributed by atoms with Crippen molar-refractivity contribution in [3.63, 3.8) is 0 Å². The number of likely N-dealkylation sites (tertiary alicyclic amines) is 2. The number of ether oxygens (including phenoxy) is 1. The van der Waals surface area contributed by atoms with Crippen molar-refractivity contribution in [2.45, 2.75) is 20.3 Å². The predicted octanol–water partition coefficient (Wildman–Crippen LogP) is 1.19. The van der Waals surface area contributed by atoms with E-state index in [1.54, 1.807) is 16.6 Å². The van der Waals surface area contributed by atoms with E-state index < -0.39 is 5.97 Å². The number of thiazole rings is 1. The topological polar surface area (TPSA) is 100 Å². The zero-order valence-electron chi connectivity index (χ0n) is 16.1. The van der Waals surface area contributed by atoms with E-state index in [1.165, 1.54) is 11.3 Å². The van der Waals surface area contributed by atoms with Gasteiger partial charge in [0.15, 0.2) is 0 Å². The van der Waals surface area contributed by atoms with E-state index >= 15 is 0 Å². The van der Waals surface area contributed by atoms with Gasteiger partial charge in [0.05, 0.1) is 18.3 Å². The SMILES string of the molecule is CC1(C)C[C@@H]1C(=O)N1CC2(CN(C(=O)c3cncs3)CC2COCC(=O)O)C1. The van der Waals surface area contributed by atoms with Gasteiger partial charge in [0.1, 0.15) is 11.5 Å². The Labute approximate surface area is 167 Å². The third-order valence-corrected chi connectivity index (χ3v) is 7.18. The lowest BCUT2D eigenvalue weighted by Crippen LogP contribution is -2.63. The summed E-state index contributed by atoms with van der Waals surface area (Å²) in [6, 6.07) is 0. The molecule has 2 saturated heterocycles. The molecule has 1 aromatic heterocycles. The summed E-state index contributed by atoms with van der Waals surface area (Å²) in [6.45, 7) is 6.41.